The number of benzene rings is 3. The molecule has 5 aromatic rings. The molecule has 0 saturated carbocycles. The lowest BCUT2D eigenvalue weighted by atomic mass is 9.87. The van der Waals surface area contributed by atoms with Crippen molar-refractivity contribution in [2.75, 3.05) is 0 Å². The third-order valence-corrected chi connectivity index (χ3v) is 6.71. The van der Waals surface area contributed by atoms with Gasteiger partial charge in [0.15, 0.2) is 0 Å². The number of carbonyl (C=O) groups is 1. The summed E-state index contributed by atoms with van der Waals surface area (Å²) in [6, 6.07) is 22.5. The van der Waals surface area contributed by atoms with Gasteiger partial charge in [0.1, 0.15) is 5.82 Å². The van der Waals surface area contributed by atoms with Crippen LogP contribution in [0.4, 0.5) is 17.6 Å². The average molecular weight is 532 g/mol. The number of carbonyl (C=O) groups excluding carboxylic acids is 1. The molecule has 0 aliphatic carbocycles. The number of halogens is 4. The molecule has 1 amide bonds. The van der Waals surface area contributed by atoms with Gasteiger partial charge in [0.25, 0.3) is 0 Å². The molecule has 0 saturated heterocycles. The molecule has 1 N–H and O–H groups in total. The van der Waals surface area contributed by atoms with Gasteiger partial charge in [0.2, 0.25) is 5.91 Å². The minimum atomic E-state index is -4.51. The first-order chi connectivity index (χ1) is 18.8. The Morgan fingerprint density at radius 2 is 1.64 bits per heavy atom. The van der Waals surface area contributed by atoms with Crippen LogP contribution in [-0.2, 0) is 24.1 Å². The van der Waals surface area contributed by atoms with E-state index in [1.807, 2.05) is 35.0 Å². The summed E-state index contributed by atoms with van der Waals surface area (Å²) < 4.78 is 56.3. The number of aromatic nitrogens is 2. The van der Waals surface area contributed by atoms with Gasteiger partial charge in [-0.25, -0.2) is 4.39 Å². The van der Waals surface area contributed by atoms with E-state index in [0.717, 1.165) is 39.7 Å². The fourth-order valence-corrected chi connectivity index (χ4v) is 4.77. The maximum absolute atomic E-state index is 13.6. The molecule has 198 valence electrons. The van der Waals surface area contributed by atoms with E-state index < -0.39 is 17.7 Å². The van der Waals surface area contributed by atoms with Crippen molar-refractivity contribution in [3.63, 3.8) is 0 Å². The molecule has 5 rings (SSSR count). The van der Waals surface area contributed by atoms with E-state index in [4.69, 9.17) is 0 Å². The Kier molecular flexibility index (Phi) is 7.45. The van der Waals surface area contributed by atoms with Crippen molar-refractivity contribution in [2.45, 2.75) is 31.6 Å². The molecule has 0 unspecified atom stereocenters. The van der Waals surface area contributed by atoms with Crippen LogP contribution in [0.3, 0.4) is 0 Å². The van der Waals surface area contributed by atoms with Crippen LogP contribution in [0.15, 0.2) is 104 Å². The van der Waals surface area contributed by atoms with Crippen LogP contribution in [-0.4, -0.2) is 15.5 Å². The lowest BCUT2D eigenvalue weighted by molar-refractivity contribution is -0.137. The van der Waals surface area contributed by atoms with Crippen molar-refractivity contribution >= 4 is 16.8 Å². The number of hydrogen-bond donors (Lipinski definition) is 1. The molecule has 1 atom stereocenters. The molecular formula is C31H25F4N3O. The fourth-order valence-electron chi connectivity index (χ4n) is 4.77. The Morgan fingerprint density at radius 3 is 2.38 bits per heavy atom. The predicted molar refractivity (Wildman–Crippen MR) is 141 cm³/mol. The Bertz CT molecular complexity index is 1580. The highest BCUT2D eigenvalue weighted by molar-refractivity contribution is 5.87. The van der Waals surface area contributed by atoms with Crippen molar-refractivity contribution in [2.24, 2.45) is 0 Å². The largest absolute Gasteiger partial charge is 0.416 e. The number of nitrogens with one attached hydrogen (secondary N) is 1. The lowest BCUT2D eigenvalue weighted by Gasteiger charge is -2.19. The first kappa shape index (κ1) is 26.2. The third kappa shape index (κ3) is 6.17. The maximum atomic E-state index is 13.6. The number of amides is 1. The van der Waals surface area contributed by atoms with Gasteiger partial charge in [-0.2, -0.15) is 13.2 Å². The number of fused-ring (bicyclic) bond motifs is 1. The van der Waals surface area contributed by atoms with Crippen LogP contribution in [0.2, 0.25) is 0 Å². The summed E-state index contributed by atoms with van der Waals surface area (Å²) in [6.07, 6.45) is 0.582. The van der Waals surface area contributed by atoms with Crippen molar-refractivity contribution in [1.82, 2.24) is 14.9 Å². The topological polar surface area (TPSA) is 46.9 Å². The highest BCUT2D eigenvalue weighted by Crippen LogP contribution is 2.38. The van der Waals surface area contributed by atoms with Gasteiger partial charge >= 0.3 is 6.18 Å². The minimum absolute atomic E-state index is 0.0447. The predicted octanol–water partition coefficient (Wildman–Crippen LogP) is 7.08. The molecule has 4 nitrogen and oxygen atoms in total. The van der Waals surface area contributed by atoms with Crippen molar-refractivity contribution in [3.8, 4) is 0 Å². The quantitative estimate of drug-likeness (QED) is 0.218. The Labute approximate surface area is 222 Å². The van der Waals surface area contributed by atoms with Gasteiger partial charge in [-0.05, 0) is 58.7 Å². The summed E-state index contributed by atoms with van der Waals surface area (Å²) in [5, 5.41) is 3.72. The number of nitrogens with zero attached hydrogens (tertiary/aromatic N) is 2. The van der Waals surface area contributed by atoms with Crippen LogP contribution < -0.4 is 5.32 Å². The van der Waals surface area contributed by atoms with Crippen LogP contribution in [0, 0.1) is 5.82 Å². The van der Waals surface area contributed by atoms with Gasteiger partial charge < -0.3 is 9.88 Å². The summed E-state index contributed by atoms with van der Waals surface area (Å²) in [4.78, 5) is 17.1. The van der Waals surface area contributed by atoms with E-state index in [1.165, 1.54) is 18.2 Å². The smallest absolute Gasteiger partial charge is 0.352 e. The van der Waals surface area contributed by atoms with Crippen LogP contribution >= 0.6 is 0 Å². The highest BCUT2D eigenvalue weighted by atomic mass is 19.4. The first-order valence-corrected chi connectivity index (χ1v) is 12.4. The van der Waals surface area contributed by atoms with E-state index in [9.17, 15) is 22.4 Å². The fraction of sp³-hybridized carbons (Fsp3) is 0.161. The monoisotopic (exact) mass is 531 g/mol. The van der Waals surface area contributed by atoms with E-state index in [-0.39, 0.29) is 24.7 Å². The summed E-state index contributed by atoms with van der Waals surface area (Å²) >= 11 is 0. The van der Waals surface area contributed by atoms with E-state index in [0.29, 0.717) is 12.1 Å². The van der Waals surface area contributed by atoms with Gasteiger partial charge in [-0.15, -0.1) is 0 Å². The zero-order chi connectivity index (χ0) is 27.4. The summed E-state index contributed by atoms with van der Waals surface area (Å²) in [7, 11) is 0. The Balaban J connectivity index is 1.53. The molecule has 3 aromatic carbocycles. The Morgan fingerprint density at radius 1 is 0.897 bits per heavy atom. The van der Waals surface area contributed by atoms with Gasteiger partial charge in [0, 0.05) is 54.9 Å². The second-order valence-corrected chi connectivity index (χ2v) is 9.37. The molecule has 0 spiro atoms. The average Bonchev–Trinajstić information content (AvgIpc) is 3.30. The second-order valence-electron chi connectivity index (χ2n) is 9.37. The molecule has 0 aliphatic heterocycles. The van der Waals surface area contributed by atoms with Crippen LogP contribution in [0.1, 0.15) is 40.2 Å². The Hall–Kier alpha value is -4.46. The van der Waals surface area contributed by atoms with E-state index >= 15 is 0 Å². The zero-order valence-corrected chi connectivity index (χ0v) is 20.8. The molecule has 0 aliphatic rings. The standard InChI is InChI=1S/C31H25F4N3O/c32-25-10-8-22(9-11-25)19-38-20-28(26-6-1-2-7-29(26)38)27(23-4-3-5-24(16-23)31(33,34)35)17-30(39)37-18-21-12-14-36-15-13-21/h1-16,20,27H,17-19H2,(H,37,39)/t27-/m0/s1. The number of pyridine rings is 1. The molecule has 8 heteroatoms. The summed E-state index contributed by atoms with van der Waals surface area (Å²) in [6.45, 7) is 0.716. The third-order valence-electron chi connectivity index (χ3n) is 6.71. The molecule has 2 aromatic heterocycles. The number of para-hydroxylation sites is 1. The zero-order valence-electron chi connectivity index (χ0n) is 20.8. The number of hydrogen-bond acceptors (Lipinski definition) is 2. The van der Waals surface area contributed by atoms with Gasteiger partial charge in [0.05, 0.1) is 5.56 Å². The first-order valence-electron chi connectivity index (χ1n) is 12.4. The summed E-state index contributed by atoms with van der Waals surface area (Å²) in [5.74, 6) is -1.26. The molecular weight excluding hydrogens is 506 g/mol. The number of alkyl halides is 3. The van der Waals surface area contributed by atoms with Crippen LogP contribution in [0.5, 0.6) is 0 Å². The van der Waals surface area contributed by atoms with E-state index in [2.05, 4.69) is 10.3 Å². The summed E-state index contributed by atoms with van der Waals surface area (Å²) in [5.41, 5.74) is 2.97. The highest BCUT2D eigenvalue weighted by Gasteiger charge is 2.32. The lowest BCUT2D eigenvalue weighted by Crippen LogP contribution is -2.25. The second kappa shape index (κ2) is 11.1. The molecule has 0 fully saturated rings. The van der Waals surface area contributed by atoms with Gasteiger partial charge in [-0.1, -0.05) is 48.5 Å². The molecule has 0 radical (unpaired) electrons. The van der Waals surface area contributed by atoms with E-state index in [1.54, 1.807) is 42.7 Å². The normalized spacial score (nSPS) is 12.4. The van der Waals surface area contributed by atoms with Crippen LogP contribution in [0.25, 0.3) is 10.9 Å². The minimum Gasteiger partial charge on any atom is -0.352 e. The molecule has 0 bridgehead atoms. The van der Waals surface area contributed by atoms with Crippen molar-refractivity contribution in [3.05, 3.63) is 137 Å². The SMILES string of the molecule is O=C(C[C@@H](c1cccc(C(F)(F)F)c1)c1cn(Cc2ccc(F)cc2)c2ccccc12)NCc1ccncc1. The van der Waals surface area contributed by atoms with Gasteiger partial charge in [-0.3, -0.25) is 9.78 Å². The number of rotatable bonds is 8. The maximum Gasteiger partial charge on any atom is 0.416 e. The molecule has 39 heavy (non-hydrogen) atoms. The molecule has 2 heterocycles. The van der Waals surface area contributed by atoms with Crippen molar-refractivity contribution < 1.29 is 22.4 Å². The van der Waals surface area contributed by atoms with Crippen molar-refractivity contribution in [1.29, 1.82) is 0 Å².